The number of rotatable bonds is 4. The molecule has 1 unspecified atom stereocenters. The Morgan fingerprint density at radius 1 is 1.25 bits per heavy atom. The number of ether oxygens (including phenoxy) is 1. The van der Waals surface area contributed by atoms with Gasteiger partial charge in [-0.3, -0.25) is 0 Å². The largest absolute Gasteiger partial charge is 0.370 e. The summed E-state index contributed by atoms with van der Waals surface area (Å²) in [6.45, 7) is 2.78. The van der Waals surface area contributed by atoms with Gasteiger partial charge in [-0.1, -0.05) is 19.3 Å². The van der Waals surface area contributed by atoms with E-state index in [-0.39, 0.29) is 5.60 Å². The van der Waals surface area contributed by atoms with Gasteiger partial charge < -0.3 is 15.4 Å². The molecule has 94 valence electrons. The Bertz CT molecular complexity index is 214. The topological polar surface area (TPSA) is 38.5 Å². The zero-order valence-corrected chi connectivity index (χ0v) is 10.6. The van der Waals surface area contributed by atoms with E-state index in [1.165, 1.54) is 44.9 Å². The summed E-state index contributed by atoms with van der Waals surface area (Å²) in [5.41, 5.74) is 5.83. The van der Waals surface area contributed by atoms with Gasteiger partial charge in [0.2, 0.25) is 0 Å². The minimum Gasteiger partial charge on any atom is -0.370 e. The first-order valence-electron chi connectivity index (χ1n) is 6.80. The molecule has 1 atom stereocenters. The van der Waals surface area contributed by atoms with Gasteiger partial charge in [0.25, 0.3) is 0 Å². The van der Waals surface area contributed by atoms with Crippen LogP contribution in [-0.2, 0) is 4.74 Å². The monoisotopic (exact) mass is 226 g/mol. The van der Waals surface area contributed by atoms with Crippen LogP contribution in [0.4, 0.5) is 0 Å². The van der Waals surface area contributed by atoms with Crippen LogP contribution in [0.25, 0.3) is 0 Å². The summed E-state index contributed by atoms with van der Waals surface area (Å²) in [6, 6.07) is 0. The quantitative estimate of drug-likeness (QED) is 0.794. The molecule has 3 nitrogen and oxygen atoms in total. The third kappa shape index (κ3) is 2.96. The van der Waals surface area contributed by atoms with Crippen LogP contribution in [0.3, 0.4) is 0 Å². The van der Waals surface area contributed by atoms with Crippen molar-refractivity contribution in [1.29, 1.82) is 0 Å². The number of hydrogen-bond acceptors (Lipinski definition) is 3. The van der Waals surface area contributed by atoms with Crippen LogP contribution in [0.5, 0.6) is 0 Å². The Balaban J connectivity index is 1.78. The first kappa shape index (κ1) is 12.3. The summed E-state index contributed by atoms with van der Waals surface area (Å²) >= 11 is 0. The predicted molar refractivity (Wildman–Crippen MR) is 66.5 cm³/mol. The van der Waals surface area contributed by atoms with Crippen LogP contribution in [0.2, 0.25) is 0 Å². The fourth-order valence-corrected chi connectivity index (χ4v) is 3.25. The molecule has 0 aromatic carbocycles. The molecule has 2 N–H and O–H groups in total. The van der Waals surface area contributed by atoms with E-state index in [1.54, 1.807) is 0 Å². The summed E-state index contributed by atoms with van der Waals surface area (Å²) in [6.07, 6.45) is 9.71. The molecule has 1 spiro atoms. The van der Waals surface area contributed by atoms with Crippen LogP contribution in [0.1, 0.15) is 44.9 Å². The summed E-state index contributed by atoms with van der Waals surface area (Å²) in [7, 11) is 2.14. The molecule has 1 aliphatic heterocycles. The highest BCUT2D eigenvalue weighted by Gasteiger charge is 2.40. The standard InChI is InChI=1S/C13H26N2O/c1-15(10-9-14)11-12-5-8-13(16-12)6-3-2-4-7-13/h12H,2-11,14H2,1H3. The highest BCUT2D eigenvalue weighted by Crippen LogP contribution is 2.41. The Morgan fingerprint density at radius 2 is 2.00 bits per heavy atom. The van der Waals surface area contributed by atoms with E-state index in [2.05, 4.69) is 11.9 Å². The fraction of sp³-hybridized carbons (Fsp3) is 1.00. The average Bonchev–Trinajstić information content (AvgIpc) is 2.63. The van der Waals surface area contributed by atoms with Crippen LogP contribution in [-0.4, -0.2) is 43.3 Å². The minimum absolute atomic E-state index is 0.270. The van der Waals surface area contributed by atoms with Crippen LogP contribution < -0.4 is 5.73 Å². The van der Waals surface area contributed by atoms with Gasteiger partial charge in [-0.25, -0.2) is 0 Å². The molecule has 0 aromatic heterocycles. The predicted octanol–water partition coefficient (Wildman–Crippen LogP) is 1.76. The first-order valence-corrected chi connectivity index (χ1v) is 6.80. The molecule has 0 bridgehead atoms. The third-order valence-electron chi connectivity index (χ3n) is 4.13. The second kappa shape index (κ2) is 5.48. The Morgan fingerprint density at radius 3 is 2.69 bits per heavy atom. The smallest absolute Gasteiger partial charge is 0.0710 e. The molecule has 2 rings (SSSR count). The maximum absolute atomic E-state index is 6.32. The molecule has 1 saturated heterocycles. The molecule has 16 heavy (non-hydrogen) atoms. The van der Waals surface area contributed by atoms with Gasteiger partial charge in [0.15, 0.2) is 0 Å². The Kier molecular flexibility index (Phi) is 4.22. The SMILES string of the molecule is CN(CCN)CC1CCC2(CCCCC2)O1. The molecule has 1 heterocycles. The lowest BCUT2D eigenvalue weighted by atomic mass is 9.83. The van der Waals surface area contributed by atoms with E-state index in [1.807, 2.05) is 0 Å². The van der Waals surface area contributed by atoms with Gasteiger partial charge >= 0.3 is 0 Å². The first-order chi connectivity index (χ1) is 7.74. The van der Waals surface area contributed by atoms with Crippen molar-refractivity contribution >= 4 is 0 Å². The maximum atomic E-state index is 6.32. The minimum atomic E-state index is 0.270. The number of hydrogen-bond donors (Lipinski definition) is 1. The van der Waals surface area contributed by atoms with E-state index in [0.717, 1.165) is 19.6 Å². The normalized spacial score (nSPS) is 29.1. The van der Waals surface area contributed by atoms with Crippen LogP contribution in [0.15, 0.2) is 0 Å². The van der Waals surface area contributed by atoms with Gasteiger partial charge in [-0.05, 0) is 32.7 Å². The van der Waals surface area contributed by atoms with E-state index in [4.69, 9.17) is 10.5 Å². The second-order valence-electron chi connectivity index (χ2n) is 5.57. The van der Waals surface area contributed by atoms with Crippen molar-refractivity contribution in [2.45, 2.75) is 56.7 Å². The van der Waals surface area contributed by atoms with Crippen LogP contribution >= 0.6 is 0 Å². The summed E-state index contributed by atoms with van der Waals surface area (Å²) in [4.78, 5) is 2.30. The Labute approximate surface area is 99.3 Å². The van der Waals surface area contributed by atoms with Crippen molar-refractivity contribution in [3.63, 3.8) is 0 Å². The molecule has 2 fully saturated rings. The second-order valence-corrected chi connectivity index (χ2v) is 5.57. The fourth-order valence-electron chi connectivity index (χ4n) is 3.25. The molecule has 0 radical (unpaired) electrons. The lowest BCUT2D eigenvalue weighted by Crippen LogP contribution is -2.36. The molecule has 1 saturated carbocycles. The summed E-state index contributed by atoms with van der Waals surface area (Å²) < 4.78 is 6.32. The van der Waals surface area contributed by atoms with Crippen molar-refractivity contribution in [3.05, 3.63) is 0 Å². The van der Waals surface area contributed by atoms with Gasteiger partial charge in [0, 0.05) is 19.6 Å². The van der Waals surface area contributed by atoms with Gasteiger partial charge in [-0.2, -0.15) is 0 Å². The highest BCUT2D eigenvalue weighted by atomic mass is 16.5. The molecule has 3 heteroatoms. The lowest BCUT2D eigenvalue weighted by Gasteiger charge is -2.34. The zero-order valence-electron chi connectivity index (χ0n) is 10.6. The molecule has 0 amide bonds. The Hall–Kier alpha value is -0.120. The van der Waals surface area contributed by atoms with Crippen molar-refractivity contribution in [1.82, 2.24) is 4.90 Å². The van der Waals surface area contributed by atoms with Crippen LogP contribution in [0, 0.1) is 0 Å². The molecule has 2 aliphatic rings. The van der Waals surface area contributed by atoms with E-state index >= 15 is 0 Å². The summed E-state index contributed by atoms with van der Waals surface area (Å²) in [5.74, 6) is 0. The number of nitrogens with zero attached hydrogens (tertiary/aromatic N) is 1. The average molecular weight is 226 g/mol. The van der Waals surface area contributed by atoms with Gasteiger partial charge in [0.1, 0.15) is 0 Å². The van der Waals surface area contributed by atoms with Crippen molar-refractivity contribution in [2.75, 3.05) is 26.7 Å². The highest BCUT2D eigenvalue weighted by molar-refractivity contribution is 4.91. The molecule has 1 aliphatic carbocycles. The number of nitrogens with two attached hydrogens (primary N) is 1. The van der Waals surface area contributed by atoms with Gasteiger partial charge in [-0.15, -0.1) is 0 Å². The molecular formula is C13H26N2O. The van der Waals surface area contributed by atoms with Crippen molar-refractivity contribution < 1.29 is 4.74 Å². The lowest BCUT2D eigenvalue weighted by molar-refractivity contribution is -0.0699. The third-order valence-corrected chi connectivity index (χ3v) is 4.13. The van der Waals surface area contributed by atoms with Gasteiger partial charge in [0.05, 0.1) is 11.7 Å². The molecule has 0 aromatic rings. The maximum Gasteiger partial charge on any atom is 0.0710 e. The zero-order chi connectivity index (χ0) is 11.4. The number of likely N-dealkylation sites (N-methyl/N-ethyl adjacent to an activating group) is 1. The van der Waals surface area contributed by atoms with E-state index < -0.39 is 0 Å². The van der Waals surface area contributed by atoms with Crippen molar-refractivity contribution in [2.24, 2.45) is 5.73 Å². The van der Waals surface area contributed by atoms with E-state index in [9.17, 15) is 0 Å². The van der Waals surface area contributed by atoms with E-state index in [0.29, 0.717) is 6.10 Å². The van der Waals surface area contributed by atoms with Crippen molar-refractivity contribution in [3.8, 4) is 0 Å². The molecular weight excluding hydrogens is 200 g/mol. The summed E-state index contributed by atoms with van der Waals surface area (Å²) in [5, 5.41) is 0.